The lowest BCUT2D eigenvalue weighted by Crippen LogP contribution is -2.11. The van der Waals surface area contributed by atoms with Gasteiger partial charge in [-0.3, -0.25) is 0 Å². The van der Waals surface area contributed by atoms with Crippen LogP contribution in [0.4, 0.5) is 26.3 Å². The summed E-state index contributed by atoms with van der Waals surface area (Å²) in [5.41, 5.74) is 5.73. The number of halogens is 6. The van der Waals surface area contributed by atoms with Gasteiger partial charge in [-0.1, -0.05) is 102 Å². The van der Waals surface area contributed by atoms with Crippen molar-refractivity contribution in [1.82, 2.24) is 24.1 Å². The summed E-state index contributed by atoms with van der Waals surface area (Å²) in [6.07, 6.45) is -9.50. The van der Waals surface area contributed by atoms with Gasteiger partial charge in [0.1, 0.15) is 0 Å². The molecule has 5 nitrogen and oxygen atoms in total. The van der Waals surface area contributed by atoms with E-state index >= 15 is 13.2 Å². The minimum Gasteiger partial charge on any atom is -0.309 e. The monoisotopic (exact) mass is 893 g/mol. The van der Waals surface area contributed by atoms with Crippen LogP contribution in [0.1, 0.15) is 27.8 Å². The third-order valence-corrected chi connectivity index (χ3v) is 12.4. The average Bonchev–Trinajstić information content (AvgIpc) is 3.81. The molecule has 0 N–H and O–H groups in total. The molecule has 11 rings (SSSR count). The maximum absolute atomic E-state index is 16.0. The highest BCUT2D eigenvalue weighted by atomic mass is 19.4. The molecule has 11 aromatic rings. The second-order valence-corrected chi connectivity index (χ2v) is 16.9. The first kappa shape index (κ1) is 41.6. The first-order valence-corrected chi connectivity index (χ1v) is 21.6. The molecule has 0 unspecified atom stereocenters. The van der Waals surface area contributed by atoms with Crippen LogP contribution in [0, 0.1) is 20.8 Å². The van der Waals surface area contributed by atoms with E-state index in [2.05, 4.69) is 0 Å². The number of benzene rings is 8. The Morgan fingerprint density at radius 3 is 1.30 bits per heavy atom. The van der Waals surface area contributed by atoms with Crippen LogP contribution in [-0.4, -0.2) is 24.1 Å². The fraction of sp³-hybridized carbons (Fsp3) is 0.0893. The van der Waals surface area contributed by atoms with E-state index in [1.165, 1.54) is 12.1 Å². The lowest BCUT2D eigenvalue weighted by molar-refractivity contribution is -0.138. The van der Waals surface area contributed by atoms with E-state index in [1.54, 1.807) is 41.0 Å². The summed E-state index contributed by atoms with van der Waals surface area (Å²) < 4.78 is 94.8. The van der Waals surface area contributed by atoms with Crippen LogP contribution < -0.4 is 0 Å². The van der Waals surface area contributed by atoms with E-state index in [1.807, 2.05) is 128 Å². The first-order chi connectivity index (χ1) is 32.2. The van der Waals surface area contributed by atoms with Gasteiger partial charge in [-0.2, -0.15) is 26.3 Å². The second kappa shape index (κ2) is 15.5. The summed E-state index contributed by atoms with van der Waals surface area (Å²) >= 11 is 0. The summed E-state index contributed by atoms with van der Waals surface area (Å²) in [7, 11) is 0. The van der Waals surface area contributed by atoms with Crippen LogP contribution in [0.5, 0.6) is 0 Å². The maximum atomic E-state index is 16.0. The molecule has 0 saturated carbocycles. The molecule has 3 heterocycles. The standard InChI is InChI=1S/C56H37F6N5/c1-32-18-23-46-39(27-32)40-28-33(2)19-24-47(40)67(46)50-16-10-15-44(56(60,61)62)51(50)43-30-37(54-64-52(35-11-6-4-7-12-35)63-53(65-54)36-13-8-5-9-14-36)20-25-49(43)66-45-22-17-34(3)29-41(45)42-31-38(55(57,58)59)21-26-48(42)66/h4-31H,1-3H3. The first-order valence-electron chi connectivity index (χ1n) is 21.6. The van der Waals surface area contributed by atoms with Gasteiger partial charge in [0.15, 0.2) is 17.5 Å². The predicted octanol–water partition coefficient (Wildman–Crippen LogP) is 15.7. The molecule has 0 atom stereocenters. The quantitative estimate of drug-likeness (QED) is 0.156. The van der Waals surface area contributed by atoms with Crippen molar-refractivity contribution >= 4 is 43.6 Å². The summed E-state index contributed by atoms with van der Waals surface area (Å²) in [5, 5.41) is 2.58. The lowest BCUT2D eigenvalue weighted by atomic mass is 9.93. The minimum atomic E-state index is -4.86. The third-order valence-electron chi connectivity index (χ3n) is 12.4. The van der Waals surface area contributed by atoms with E-state index in [-0.39, 0.29) is 22.6 Å². The molecule has 0 aliphatic carbocycles. The summed E-state index contributed by atoms with van der Waals surface area (Å²) in [6, 6.07) is 48.8. The highest BCUT2D eigenvalue weighted by Crippen LogP contribution is 2.48. The van der Waals surface area contributed by atoms with E-state index in [0.717, 1.165) is 45.7 Å². The number of aryl methyl sites for hydroxylation is 3. The van der Waals surface area contributed by atoms with Crippen LogP contribution in [0.3, 0.4) is 0 Å². The van der Waals surface area contributed by atoms with Crippen molar-refractivity contribution in [3.8, 4) is 56.7 Å². The van der Waals surface area contributed by atoms with Crippen molar-refractivity contribution in [2.24, 2.45) is 0 Å². The zero-order valence-corrected chi connectivity index (χ0v) is 36.2. The fourth-order valence-corrected chi connectivity index (χ4v) is 9.34. The Morgan fingerprint density at radius 2 is 0.821 bits per heavy atom. The van der Waals surface area contributed by atoms with Gasteiger partial charge in [0.2, 0.25) is 0 Å². The molecule has 0 aliphatic heterocycles. The van der Waals surface area contributed by atoms with Gasteiger partial charge in [-0.25, -0.2) is 15.0 Å². The van der Waals surface area contributed by atoms with Crippen molar-refractivity contribution in [3.05, 3.63) is 198 Å². The number of hydrogen-bond acceptors (Lipinski definition) is 3. The summed E-state index contributed by atoms with van der Waals surface area (Å²) in [5.74, 6) is 0.933. The fourth-order valence-electron chi connectivity index (χ4n) is 9.34. The number of hydrogen-bond donors (Lipinski definition) is 0. The molecule has 0 aliphatic rings. The molecule has 0 fully saturated rings. The van der Waals surface area contributed by atoms with Crippen LogP contribution in [0.25, 0.3) is 100 Å². The van der Waals surface area contributed by atoms with E-state index in [4.69, 9.17) is 15.0 Å². The molecule has 0 bridgehead atoms. The number of alkyl halides is 6. The normalized spacial score (nSPS) is 12.3. The average molecular weight is 894 g/mol. The van der Waals surface area contributed by atoms with Crippen LogP contribution >= 0.6 is 0 Å². The van der Waals surface area contributed by atoms with Gasteiger partial charge in [0, 0.05) is 49.4 Å². The molecule has 67 heavy (non-hydrogen) atoms. The Bertz CT molecular complexity index is 3640. The minimum absolute atomic E-state index is 0.138. The molecule has 0 saturated heterocycles. The molecule has 0 spiro atoms. The molecular weight excluding hydrogens is 857 g/mol. The molecule has 328 valence electrons. The SMILES string of the molecule is Cc1ccc2c(c1)c1cc(C(F)(F)F)ccc1n2-c1ccc(-c2nc(-c3ccccc3)nc(-c3ccccc3)n2)cc1-c1c(-n2c3ccc(C)cc3c3cc(C)ccc32)cccc1C(F)(F)F. The number of fused-ring (bicyclic) bond motifs is 6. The van der Waals surface area contributed by atoms with Gasteiger partial charge in [-0.05, 0) is 106 Å². The van der Waals surface area contributed by atoms with Crippen LogP contribution in [0.15, 0.2) is 170 Å². The highest BCUT2D eigenvalue weighted by Gasteiger charge is 2.37. The number of nitrogens with zero attached hydrogens (tertiary/aromatic N) is 5. The Balaban J connectivity index is 1.29. The smallest absolute Gasteiger partial charge is 0.309 e. The van der Waals surface area contributed by atoms with Crippen molar-refractivity contribution in [2.75, 3.05) is 0 Å². The van der Waals surface area contributed by atoms with E-state index < -0.39 is 23.5 Å². The largest absolute Gasteiger partial charge is 0.417 e. The lowest BCUT2D eigenvalue weighted by Gasteiger charge is -2.23. The zero-order valence-electron chi connectivity index (χ0n) is 36.2. The highest BCUT2D eigenvalue weighted by molar-refractivity contribution is 6.12. The molecular formula is C56H37F6N5. The van der Waals surface area contributed by atoms with Gasteiger partial charge >= 0.3 is 12.4 Å². The maximum Gasteiger partial charge on any atom is 0.417 e. The van der Waals surface area contributed by atoms with Crippen LogP contribution in [-0.2, 0) is 12.4 Å². The third kappa shape index (κ3) is 7.18. The van der Waals surface area contributed by atoms with Crippen molar-refractivity contribution in [1.29, 1.82) is 0 Å². The predicted molar refractivity (Wildman–Crippen MR) is 254 cm³/mol. The Morgan fingerprint density at radius 1 is 0.373 bits per heavy atom. The second-order valence-electron chi connectivity index (χ2n) is 16.9. The van der Waals surface area contributed by atoms with E-state index in [0.29, 0.717) is 66.9 Å². The van der Waals surface area contributed by atoms with Crippen molar-refractivity contribution < 1.29 is 26.3 Å². The molecule has 0 amide bonds. The topological polar surface area (TPSA) is 48.5 Å². The number of aromatic nitrogens is 5. The Kier molecular flexibility index (Phi) is 9.66. The summed E-state index contributed by atoms with van der Waals surface area (Å²) in [6.45, 7) is 5.80. The molecule has 8 aromatic carbocycles. The molecule has 0 radical (unpaired) electrons. The van der Waals surface area contributed by atoms with Crippen molar-refractivity contribution in [2.45, 2.75) is 33.1 Å². The van der Waals surface area contributed by atoms with Gasteiger partial charge in [-0.15, -0.1) is 0 Å². The van der Waals surface area contributed by atoms with Gasteiger partial charge < -0.3 is 9.13 Å². The van der Waals surface area contributed by atoms with E-state index in [9.17, 15) is 13.2 Å². The zero-order chi connectivity index (χ0) is 46.4. The Hall–Kier alpha value is -8.05. The Labute approximate surface area is 380 Å². The molecule has 3 aromatic heterocycles. The van der Waals surface area contributed by atoms with Gasteiger partial charge in [0.05, 0.1) is 44.6 Å². The summed E-state index contributed by atoms with van der Waals surface area (Å²) in [4.78, 5) is 14.7. The van der Waals surface area contributed by atoms with Crippen molar-refractivity contribution in [3.63, 3.8) is 0 Å². The van der Waals surface area contributed by atoms with Gasteiger partial charge in [0.25, 0.3) is 0 Å². The molecule has 11 heteroatoms. The van der Waals surface area contributed by atoms with Crippen LogP contribution in [0.2, 0.25) is 0 Å². The number of rotatable bonds is 6.